The molecular formula is C16H16N2O2. The second-order valence-corrected chi connectivity index (χ2v) is 4.35. The lowest BCUT2D eigenvalue weighted by Crippen LogP contribution is -2.03. The monoisotopic (exact) mass is 268 g/mol. The van der Waals surface area contributed by atoms with Gasteiger partial charge in [0.05, 0.1) is 0 Å². The molecule has 0 aliphatic heterocycles. The molecule has 1 heterocycles. The van der Waals surface area contributed by atoms with Crippen LogP contribution in [-0.4, -0.2) is 4.98 Å². The van der Waals surface area contributed by atoms with Crippen LogP contribution in [0.2, 0.25) is 0 Å². The third kappa shape index (κ3) is 3.27. The van der Waals surface area contributed by atoms with E-state index in [4.69, 9.17) is 14.7 Å². The topological polar surface area (TPSA) is 55.1 Å². The van der Waals surface area contributed by atoms with Gasteiger partial charge >= 0.3 is 0 Å². The number of nitriles is 1. The van der Waals surface area contributed by atoms with Gasteiger partial charge in [-0.15, -0.1) is 5.26 Å². The van der Waals surface area contributed by atoms with E-state index in [-0.39, 0.29) is 0 Å². The van der Waals surface area contributed by atoms with Gasteiger partial charge in [0.2, 0.25) is 5.88 Å². The molecule has 0 atom stereocenters. The SMILES string of the molecule is CCc1cccc(OC#N)c1COc1cccc(C)n1. The molecule has 0 saturated heterocycles. The first kappa shape index (κ1) is 13.9. The Morgan fingerprint density at radius 3 is 2.70 bits per heavy atom. The first-order valence-corrected chi connectivity index (χ1v) is 6.47. The van der Waals surface area contributed by atoms with E-state index in [1.807, 2.05) is 37.3 Å². The van der Waals surface area contributed by atoms with E-state index in [9.17, 15) is 0 Å². The molecule has 2 aromatic rings. The van der Waals surface area contributed by atoms with Gasteiger partial charge < -0.3 is 9.47 Å². The van der Waals surface area contributed by atoms with Gasteiger partial charge in [-0.05, 0) is 31.0 Å². The average Bonchev–Trinajstić information content (AvgIpc) is 2.46. The molecule has 0 saturated carbocycles. The van der Waals surface area contributed by atoms with Crippen LogP contribution in [0.25, 0.3) is 0 Å². The maximum absolute atomic E-state index is 8.70. The zero-order valence-electron chi connectivity index (χ0n) is 11.6. The lowest BCUT2D eigenvalue weighted by atomic mass is 10.0. The van der Waals surface area contributed by atoms with Gasteiger partial charge in [-0.1, -0.05) is 25.1 Å². The molecule has 0 amide bonds. The van der Waals surface area contributed by atoms with Crippen molar-refractivity contribution in [1.82, 2.24) is 4.98 Å². The van der Waals surface area contributed by atoms with Crippen LogP contribution in [0.1, 0.15) is 23.7 Å². The summed E-state index contributed by atoms with van der Waals surface area (Å²) in [5.41, 5.74) is 2.89. The number of benzene rings is 1. The van der Waals surface area contributed by atoms with E-state index in [2.05, 4.69) is 11.9 Å². The number of hydrogen-bond donors (Lipinski definition) is 0. The molecule has 1 aromatic carbocycles. The maximum atomic E-state index is 8.70. The number of nitrogens with zero attached hydrogens (tertiary/aromatic N) is 2. The minimum Gasteiger partial charge on any atom is -0.473 e. The third-order valence-corrected chi connectivity index (χ3v) is 2.99. The van der Waals surface area contributed by atoms with Crippen LogP contribution in [0.5, 0.6) is 11.6 Å². The fourth-order valence-electron chi connectivity index (χ4n) is 2.00. The lowest BCUT2D eigenvalue weighted by Gasteiger charge is -2.12. The van der Waals surface area contributed by atoms with Gasteiger partial charge in [-0.3, -0.25) is 0 Å². The van der Waals surface area contributed by atoms with Crippen LogP contribution in [0.3, 0.4) is 0 Å². The molecule has 0 radical (unpaired) electrons. The zero-order valence-corrected chi connectivity index (χ0v) is 11.6. The zero-order chi connectivity index (χ0) is 14.4. The predicted octanol–water partition coefficient (Wildman–Crippen LogP) is 3.39. The highest BCUT2D eigenvalue weighted by atomic mass is 16.5. The smallest absolute Gasteiger partial charge is 0.292 e. The van der Waals surface area contributed by atoms with Crippen LogP contribution in [-0.2, 0) is 13.0 Å². The number of hydrogen-bond acceptors (Lipinski definition) is 4. The Morgan fingerprint density at radius 1 is 1.20 bits per heavy atom. The molecule has 2 rings (SSSR count). The summed E-state index contributed by atoms with van der Waals surface area (Å²) in [6, 6.07) is 11.3. The fraction of sp³-hybridized carbons (Fsp3) is 0.250. The molecule has 0 bridgehead atoms. The molecule has 0 fully saturated rings. The summed E-state index contributed by atoms with van der Waals surface area (Å²) in [5.74, 6) is 1.11. The fourth-order valence-corrected chi connectivity index (χ4v) is 2.00. The van der Waals surface area contributed by atoms with Gasteiger partial charge in [-0.25, -0.2) is 4.98 Å². The van der Waals surface area contributed by atoms with E-state index in [0.717, 1.165) is 23.2 Å². The van der Waals surface area contributed by atoms with Crippen molar-refractivity contribution in [2.75, 3.05) is 0 Å². The van der Waals surface area contributed by atoms with Crippen molar-refractivity contribution in [3.8, 4) is 17.9 Å². The predicted molar refractivity (Wildman–Crippen MR) is 75.4 cm³/mol. The van der Waals surface area contributed by atoms with Crippen molar-refractivity contribution in [3.63, 3.8) is 0 Å². The van der Waals surface area contributed by atoms with Crippen molar-refractivity contribution in [3.05, 3.63) is 53.2 Å². The van der Waals surface area contributed by atoms with E-state index < -0.39 is 0 Å². The van der Waals surface area contributed by atoms with Crippen molar-refractivity contribution in [2.45, 2.75) is 26.9 Å². The second-order valence-electron chi connectivity index (χ2n) is 4.35. The molecule has 0 aliphatic rings. The second kappa shape index (κ2) is 6.58. The average molecular weight is 268 g/mol. The summed E-state index contributed by atoms with van der Waals surface area (Å²) in [7, 11) is 0. The van der Waals surface area contributed by atoms with E-state index in [0.29, 0.717) is 18.2 Å². The lowest BCUT2D eigenvalue weighted by molar-refractivity contribution is 0.287. The minimum absolute atomic E-state index is 0.331. The molecular weight excluding hydrogens is 252 g/mol. The van der Waals surface area contributed by atoms with Gasteiger partial charge in [0, 0.05) is 17.3 Å². The normalized spacial score (nSPS) is 9.85. The quantitative estimate of drug-likeness (QED) is 0.780. The Kier molecular flexibility index (Phi) is 4.56. The summed E-state index contributed by atoms with van der Waals surface area (Å²) >= 11 is 0. The summed E-state index contributed by atoms with van der Waals surface area (Å²) < 4.78 is 10.7. The summed E-state index contributed by atoms with van der Waals surface area (Å²) in [6.07, 6.45) is 2.56. The Morgan fingerprint density at radius 2 is 2.00 bits per heavy atom. The van der Waals surface area contributed by atoms with Crippen molar-refractivity contribution in [2.24, 2.45) is 0 Å². The largest absolute Gasteiger partial charge is 0.473 e. The standard InChI is InChI=1S/C16H16N2O2/c1-3-13-7-5-8-15(20-11-17)14(13)10-19-16-9-4-6-12(2)18-16/h4-9H,3,10H2,1-2H3. The Balaban J connectivity index is 2.21. The number of pyridine rings is 1. The molecule has 0 unspecified atom stereocenters. The van der Waals surface area contributed by atoms with Gasteiger partial charge in [0.15, 0.2) is 0 Å². The van der Waals surface area contributed by atoms with Crippen LogP contribution in [0.4, 0.5) is 0 Å². The molecule has 0 aliphatic carbocycles. The highest BCUT2D eigenvalue weighted by Gasteiger charge is 2.10. The highest BCUT2D eigenvalue weighted by Crippen LogP contribution is 2.24. The van der Waals surface area contributed by atoms with Crippen LogP contribution >= 0.6 is 0 Å². The molecule has 1 aromatic heterocycles. The molecule has 20 heavy (non-hydrogen) atoms. The summed E-state index contributed by atoms with van der Waals surface area (Å²) in [4.78, 5) is 4.29. The van der Waals surface area contributed by atoms with E-state index in [1.54, 1.807) is 12.3 Å². The maximum Gasteiger partial charge on any atom is 0.292 e. The van der Waals surface area contributed by atoms with Crippen molar-refractivity contribution < 1.29 is 9.47 Å². The molecule has 4 heteroatoms. The summed E-state index contributed by atoms with van der Waals surface area (Å²) in [5, 5.41) is 8.70. The van der Waals surface area contributed by atoms with Crippen molar-refractivity contribution >= 4 is 0 Å². The molecule has 4 nitrogen and oxygen atoms in total. The van der Waals surface area contributed by atoms with Crippen LogP contribution in [0.15, 0.2) is 36.4 Å². The third-order valence-electron chi connectivity index (χ3n) is 2.99. The van der Waals surface area contributed by atoms with E-state index in [1.165, 1.54) is 0 Å². The van der Waals surface area contributed by atoms with E-state index >= 15 is 0 Å². The first-order chi connectivity index (χ1) is 9.74. The number of rotatable bonds is 5. The van der Waals surface area contributed by atoms with Gasteiger partial charge in [0.1, 0.15) is 12.4 Å². The van der Waals surface area contributed by atoms with Gasteiger partial charge in [-0.2, -0.15) is 0 Å². The van der Waals surface area contributed by atoms with Crippen LogP contribution in [0, 0.1) is 18.4 Å². The Bertz CT molecular complexity index is 633. The minimum atomic E-state index is 0.331. The first-order valence-electron chi connectivity index (χ1n) is 6.47. The Hall–Kier alpha value is -2.54. The van der Waals surface area contributed by atoms with Gasteiger partial charge in [0.25, 0.3) is 6.26 Å². The molecule has 0 N–H and O–H groups in total. The number of ether oxygens (including phenoxy) is 2. The molecule has 102 valence electrons. The number of aromatic nitrogens is 1. The number of aryl methyl sites for hydroxylation is 2. The van der Waals surface area contributed by atoms with Crippen LogP contribution < -0.4 is 9.47 Å². The van der Waals surface area contributed by atoms with Crippen molar-refractivity contribution in [1.29, 1.82) is 5.26 Å². The highest BCUT2D eigenvalue weighted by molar-refractivity contribution is 5.40. The Labute approximate surface area is 118 Å². The summed E-state index contributed by atoms with van der Waals surface area (Å²) in [6.45, 7) is 4.30. The molecule has 0 spiro atoms.